The van der Waals surface area contributed by atoms with Crippen molar-refractivity contribution in [2.75, 3.05) is 15.5 Å². The van der Waals surface area contributed by atoms with Crippen LogP contribution >= 0.6 is 11.6 Å². The number of alkyl halides is 3. The van der Waals surface area contributed by atoms with E-state index in [1.165, 1.54) is 17.3 Å². The molecule has 0 bridgehead atoms. The Morgan fingerprint density at radius 1 is 1.33 bits per heavy atom. The number of halogens is 4. The molecule has 1 aliphatic heterocycles. The molecule has 128 valence electrons. The molecule has 1 aliphatic rings. The third kappa shape index (κ3) is 3.16. The van der Waals surface area contributed by atoms with Gasteiger partial charge in [0.1, 0.15) is 17.7 Å². The first-order chi connectivity index (χ1) is 11.3. The number of fused-ring (bicyclic) bond motifs is 1. The Morgan fingerprint density at radius 2 is 2.08 bits per heavy atom. The van der Waals surface area contributed by atoms with Crippen LogP contribution < -0.4 is 15.5 Å². The summed E-state index contributed by atoms with van der Waals surface area (Å²) in [6.07, 6.45) is -1.89. The lowest BCUT2D eigenvalue weighted by atomic mass is 10.2. The number of hydrogen-bond donors (Lipinski definition) is 2. The number of aromatic nitrogens is 3. The summed E-state index contributed by atoms with van der Waals surface area (Å²) < 4.78 is 39.4. The van der Waals surface area contributed by atoms with Crippen LogP contribution in [0.5, 0.6) is 0 Å². The molecule has 0 fully saturated rings. The zero-order valence-corrected chi connectivity index (χ0v) is 13.5. The Hall–Kier alpha value is -2.29. The summed E-state index contributed by atoms with van der Waals surface area (Å²) in [6.45, 7) is 2.80. The number of nitrogens with zero attached hydrogens (tertiary/aromatic N) is 4. The van der Waals surface area contributed by atoms with Crippen LogP contribution in [0.4, 0.5) is 36.2 Å². The highest BCUT2D eigenvalue weighted by molar-refractivity contribution is 6.28. The van der Waals surface area contributed by atoms with Crippen LogP contribution in [-0.2, 0) is 0 Å². The van der Waals surface area contributed by atoms with E-state index >= 15 is 0 Å². The van der Waals surface area contributed by atoms with E-state index in [4.69, 9.17) is 11.6 Å². The van der Waals surface area contributed by atoms with Crippen LogP contribution in [0.1, 0.15) is 13.8 Å². The fraction of sp³-hybridized carbons (Fsp3) is 0.357. The molecule has 6 nitrogen and oxygen atoms in total. The maximum absolute atomic E-state index is 13.1. The monoisotopic (exact) mass is 358 g/mol. The van der Waals surface area contributed by atoms with Gasteiger partial charge in [-0.1, -0.05) is 0 Å². The normalized spacial score (nSPS) is 18.1. The second-order valence-electron chi connectivity index (χ2n) is 5.37. The minimum Gasteiger partial charge on any atom is -0.362 e. The van der Waals surface area contributed by atoms with E-state index in [0.717, 1.165) is 6.92 Å². The molecule has 0 saturated heterocycles. The van der Waals surface area contributed by atoms with Crippen molar-refractivity contribution in [1.82, 2.24) is 15.0 Å². The highest BCUT2D eigenvalue weighted by atomic mass is 35.5. The molecule has 3 heterocycles. The first kappa shape index (κ1) is 16.6. The molecule has 2 unspecified atom stereocenters. The molecule has 0 saturated carbocycles. The van der Waals surface area contributed by atoms with Gasteiger partial charge in [-0.3, -0.25) is 0 Å². The van der Waals surface area contributed by atoms with Crippen molar-refractivity contribution in [3.8, 4) is 0 Å². The van der Waals surface area contributed by atoms with Gasteiger partial charge in [0, 0.05) is 12.3 Å². The van der Waals surface area contributed by atoms with Gasteiger partial charge in [-0.15, -0.1) is 0 Å². The summed E-state index contributed by atoms with van der Waals surface area (Å²) in [6, 6.07) is 1.49. The van der Waals surface area contributed by atoms with Crippen LogP contribution in [0, 0.1) is 0 Å². The highest BCUT2D eigenvalue weighted by Gasteiger charge is 2.44. The average Bonchev–Trinajstić information content (AvgIpc) is 2.80. The summed E-state index contributed by atoms with van der Waals surface area (Å²) in [7, 11) is 0. The summed E-state index contributed by atoms with van der Waals surface area (Å²) in [4.78, 5) is 13.2. The van der Waals surface area contributed by atoms with Gasteiger partial charge in [-0.25, -0.2) is 15.0 Å². The molecule has 24 heavy (non-hydrogen) atoms. The lowest BCUT2D eigenvalue weighted by molar-refractivity contribution is -0.145. The van der Waals surface area contributed by atoms with Crippen molar-refractivity contribution in [2.24, 2.45) is 0 Å². The van der Waals surface area contributed by atoms with E-state index < -0.39 is 18.4 Å². The van der Waals surface area contributed by atoms with Crippen molar-refractivity contribution in [2.45, 2.75) is 32.2 Å². The summed E-state index contributed by atoms with van der Waals surface area (Å²) in [5.74, 6) is 0.760. The number of nitrogens with one attached hydrogen (secondary N) is 2. The van der Waals surface area contributed by atoms with Crippen molar-refractivity contribution in [1.29, 1.82) is 0 Å². The molecular weight excluding hydrogens is 345 g/mol. The molecule has 0 aliphatic carbocycles. The standard InChI is InChI=1S/C14H14ClF3N6/c1-7(14(16,17)18)24-8(2)21-9-6-20-12(5-10(9)24)22-11-3-4-19-13(15)23-11/h3-8,21H,1-2H3,(H,19,20,22,23). The lowest BCUT2D eigenvalue weighted by Crippen LogP contribution is -2.48. The number of anilines is 4. The second-order valence-corrected chi connectivity index (χ2v) is 5.71. The Bertz CT molecular complexity index is 754. The van der Waals surface area contributed by atoms with Gasteiger partial charge in [0.25, 0.3) is 0 Å². The van der Waals surface area contributed by atoms with Gasteiger partial charge < -0.3 is 15.5 Å². The molecular formula is C14H14ClF3N6. The zero-order valence-electron chi connectivity index (χ0n) is 12.8. The van der Waals surface area contributed by atoms with Crippen LogP contribution in [0.15, 0.2) is 24.5 Å². The SMILES string of the molecule is CC1Nc2cnc(Nc3ccnc(Cl)n3)cc2N1C(C)C(F)(F)F. The molecule has 2 atom stereocenters. The molecule has 0 amide bonds. The fourth-order valence-electron chi connectivity index (χ4n) is 2.58. The Morgan fingerprint density at radius 3 is 2.75 bits per heavy atom. The second kappa shape index (κ2) is 5.97. The van der Waals surface area contributed by atoms with Crippen LogP contribution in [0.3, 0.4) is 0 Å². The maximum Gasteiger partial charge on any atom is 0.408 e. The van der Waals surface area contributed by atoms with Gasteiger partial charge >= 0.3 is 6.18 Å². The first-order valence-corrected chi connectivity index (χ1v) is 7.50. The Labute approximate surface area is 141 Å². The van der Waals surface area contributed by atoms with Crippen molar-refractivity contribution in [3.63, 3.8) is 0 Å². The predicted molar refractivity (Wildman–Crippen MR) is 85.6 cm³/mol. The summed E-state index contributed by atoms with van der Waals surface area (Å²) >= 11 is 5.71. The number of pyridine rings is 1. The first-order valence-electron chi connectivity index (χ1n) is 7.13. The van der Waals surface area contributed by atoms with E-state index in [0.29, 0.717) is 23.0 Å². The zero-order chi connectivity index (χ0) is 17.5. The lowest BCUT2D eigenvalue weighted by Gasteiger charge is -2.32. The molecule has 0 spiro atoms. The van der Waals surface area contributed by atoms with Gasteiger partial charge in [-0.2, -0.15) is 13.2 Å². The van der Waals surface area contributed by atoms with Gasteiger partial charge in [0.2, 0.25) is 5.28 Å². The summed E-state index contributed by atoms with van der Waals surface area (Å²) in [5, 5.41) is 5.95. The minimum atomic E-state index is -4.34. The molecule has 2 N–H and O–H groups in total. The highest BCUT2D eigenvalue weighted by Crippen LogP contribution is 2.40. The van der Waals surface area contributed by atoms with E-state index in [1.54, 1.807) is 19.1 Å². The molecule has 2 aromatic rings. The van der Waals surface area contributed by atoms with E-state index in [9.17, 15) is 13.2 Å². The van der Waals surface area contributed by atoms with E-state index in [1.807, 2.05) is 0 Å². The summed E-state index contributed by atoms with van der Waals surface area (Å²) in [5.41, 5.74) is 0.967. The van der Waals surface area contributed by atoms with Crippen molar-refractivity contribution in [3.05, 3.63) is 29.8 Å². The average molecular weight is 359 g/mol. The van der Waals surface area contributed by atoms with Gasteiger partial charge in [0.05, 0.1) is 23.7 Å². The smallest absolute Gasteiger partial charge is 0.362 e. The maximum atomic E-state index is 13.1. The molecule has 0 radical (unpaired) electrons. The number of hydrogen-bond acceptors (Lipinski definition) is 6. The molecule has 3 rings (SSSR count). The van der Waals surface area contributed by atoms with Crippen molar-refractivity contribution >= 4 is 34.6 Å². The van der Waals surface area contributed by atoms with Crippen LogP contribution in [0.2, 0.25) is 5.28 Å². The minimum absolute atomic E-state index is 0.0590. The van der Waals surface area contributed by atoms with Gasteiger partial charge in [0.15, 0.2) is 0 Å². The third-order valence-corrected chi connectivity index (χ3v) is 3.90. The third-order valence-electron chi connectivity index (χ3n) is 3.72. The Balaban J connectivity index is 1.91. The van der Waals surface area contributed by atoms with Crippen LogP contribution in [0.25, 0.3) is 0 Å². The van der Waals surface area contributed by atoms with Crippen LogP contribution in [-0.4, -0.2) is 33.3 Å². The molecule has 0 aromatic carbocycles. The quantitative estimate of drug-likeness (QED) is 0.814. The predicted octanol–water partition coefficient (Wildman–Crippen LogP) is 3.80. The molecule has 2 aromatic heterocycles. The van der Waals surface area contributed by atoms with E-state index in [2.05, 4.69) is 25.6 Å². The largest absolute Gasteiger partial charge is 0.408 e. The van der Waals surface area contributed by atoms with E-state index in [-0.39, 0.29) is 5.28 Å². The Kier molecular flexibility index (Phi) is 4.12. The number of rotatable bonds is 3. The fourth-order valence-corrected chi connectivity index (χ4v) is 2.73. The topological polar surface area (TPSA) is 66.0 Å². The van der Waals surface area contributed by atoms with Crippen molar-refractivity contribution < 1.29 is 13.2 Å². The molecule has 10 heteroatoms. The van der Waals surface area contributed by atoms with Gasteiger partial charge in [-0.05, 0) is 31.5 Å².